The van der Waals surface area contributed by atoms with Gasteiger partial charge in [0.1, 0.15) is 4.83 Å². The number of hydrogen-bond acceptors (Lipinski definition) is 4. The van der Waals surface area contributed by atoms with Crippen LogP contribution in [-0.4, -0.2) is 39.7 Å². The number of hydrogen-bond donors (Lipinski definition) is 1. The van der Waals surface area contributed by atoms with Crippen molar-refractivity contribution in [1.82, 2.24) is 14.7 Å². The molecule has 1 fully saturated rings. The Bertz CT molecular complexity index is 934. The van der Waals surface area contributed by atoms with Gasteiger partial charge < -0.3 is 10.6 Å². The maximum absolute atomic E-state index is 13.1. The zero-order chi connectivity index (χ0) is 18.3. The van der Waals surface area contributed by atoms with E-state index in [0.717, 1.165) is 52.4 Å². The van der Waals surface area contributed by atoms with Crippen LogP contribution in [0.5, 0.6) is 0 Å². The smallest absolute Gasteiger partial charge is 0.264 e. The summed E-state index contributed by atoms with van der Waals surface area (Å²) in [5, 5.41) is 5.71. The Morgan fingerprint density at radius 1 is 1.33 bits per heavy atom. The van der Waals surface area contributed by atoms with Gasteiger partial charge in [-0.3, -0.25) is 4.79 Å². The lowest BCUT2D eigenvalue weighted by Crippen LogP contribution is -2.44. The largest absolute Gasteiger partial charge is 0.338 e. The van der Waals surface area contributed by atoms with Gasteiger partial charge in [0.25, 0.3) is 5.91 Å². The third-order valence-corrected chi connectivity index (χ3v) is 6.34. The molecule has 0 radical (unpaired) electrons. The van der Waals surface area contributed by atoms with E-state index in [1.54, 1.807) is 0 Å². The standard InChI is InChI=1S/C20H24N4OS.ClH/c1-13(21)15-7-6-10-23(12-15)19(25)18-11-17-14(2)22-24(20(17)26-18)16-8-4-3-5-9-16;/h3-5,8-9,11,13,15H,6-7,10,12,21H2,1-2H3;1H. The second kappa shape index (κ2) is 8.00. The van der Waals surface area contributed by atoms with Crippen LogP contribution in [0.15, 0.2) is 36.4 Å². The van der Waals surface area contributed by atoms with Crippen LogP contribution in [-0.2, 0) is 0 Å². The summed E-state index contributed by atoms with van der Waals surface area (Å²) in [7, 11) is 0. The van der Waals surface area contributed by atoms with E-state index in [9.17, 15) is 4.79 Å². The first-order valence-corrected chi connectivity index (χ1v) is 9.95. The maximum atomic E-state index is 13.1. The van der Waals surface area contributed by atoms with Gasteiger partial charge in [0.2, 0.25) is 0 Å². The van der Waals surface area contributed by atoms with Gasteiger partial charge in [0, 0.05) is 24.5 Å². The van der Waals surface area contributed by atoms with Crippen molar-refractivity contribution in [2.45, 2.75) is 32.7 Å². The number of fused-ring (bicyclic) bond motifs is 1. The second-order valence-corrected chi connectivity index (χ2v) is 8.21. The molecule has 1 saturated heterocycles. The average Bonchev–Trinajstić information content (AvgIpc) is 3.23. The number of nitrogens with two attached hydrogens (primary N) is 1. The molecule has 2 unspecified atom stereocenters. The van der Waals surface area contributed by atoms with Crippen molar-refractivity contribution >= 4 is 39.9 Å². The van der Waals surface area contributed by atoms with Gasteiger partial charge in [-0.2, -0.15) is 5.10 Å². The van der Waals surface area contributed by atoms with Crippen molar-refractivity contribution in [1.29, 1.82) is 0 Å². The number of benzene rings is 1. The summed E-state index contributed by atoms with van der Waals surface area (Å²) in [6.07, 6.45) is 2.13. The number of thiophene rings is 1. The Morgan fingerprint density at radius 2 is 2.07 bits per heavy atom. The molecule has 1 amide bonds. The molecule has 2 atom stereocenters. The molecular formula is C20H25ClN4OS. The Morgan fingerprint density at radius 3 is 2.78 bits per heavy atom. The number of amides is 1. The van der Waals surface area contributed by atoms with E-state index in [4.69, 9.17) is 5.73 Å². The van der Waals surface area contributed by atoms with Crippen LogP contribution in [0.2, 0.25) is 0 Å². The summed E-state index contributed by atoms with van der Waals surface area (Å²) in [5.74, 6) is 0.513. The molecule has 1 aliphatic heterocycles. The van der Waals surface area contributed by atoms with E-state index in [1.807, 2.05) is 59.8 Å². The van der Waals surface area contributed by atoms with E-state index in [2.05, 4.69) is 5.10 Å². The normalized spacial score (nSPS) is 18.3. The molecule has 1 aliphatic rings. The summed E-state index contributed by atoms with van der Waals surface area (Å²) in [4.78, 5) is 16.8. The minimum absolute atomic E-state index is 0. The summed E-state index contributed by atoms with van der Waals surface area (Å²) in [6, 6.07) is 12.2. The van der Waals surface area contributed by atoms with Crippen LogP contribution in [0.4, 0.5) is 0 Å². The number of aryl methyl sites for hydroxylation is 1. The number of halogens is 1. The van der Waals surface area contributed by atoms with Gasteiger partial charge >= 0.3 is 0 Å². The van der Waals surface area contributed by atoms with E-state index in [1.165, 1.54) is 11.3 Å². The first-order chi connectivity index (χ1) is 12.5. The van der Waals surface area contributed by atoms with E-state index in [0.29, 0.717) is 5.92 Å². The number of piperidine rings is 1. The lowest BCUT2D eigenvalue weighted by atomic mass is 9.92. The van der Waals surface area contributed by atoms with Gasteiger partial charge in [-0.25, -0.2) is 4.68 Å². The highest BCUT2D eigenvalue weighted by Crippen LogP contribution is 2.32. The lowest BCUT2D eigenvalue weighted by molar-refractivity contribution is 0.0666. The fraction of sp³-hybridized carbons (Fsp3) is 0.400. The lowest BCUT2D eigenvalue weighted by Gasteiger charge is -2.34. The minimum Gasteiger partial charge on any atom is -0.338 e. The molecule has 1 aromatic carbocycles. The Balaban J connectivity index is 0.00000210. The molecule has 0 bridgehead atoms. The topological polar surface area (TPSA) is 64.2 Å². The van der Waals surface area contributed by atoms with Crippen molar-refractivity contribution in [3.05, 3.63) is 47.0 Å². The number of carbonyl (C=O) groups is 1. The predicted molar refractivity (Wildman–Crippen MR) is 113 cm³/mol. The highest BCUT2D eigenvalue weighted by atomic mass is 35.5. The van der Waals surface area contributed by atoms with Crippen molar-refractivity contribution < 1.29 is 4.79 Å². The SMILES string of the molecule is Cc1nn(-c2ccccc2)c2sc(C(=O)N3CCCC(C(C)N)C3)cc12.Cl. The zero-order valence-corrected chi connectivity index (χ0v) is 17.2. The highest BCUT2D eigenvalue weighted by Gasteiger charge is 2.28. The van der Waals surface area contributed by atoms with Crippen LogP contribution in [0.1, 0.15) is 35.1 Å². The second-order valence-electron chi connectivity index (χ2n) is 7.17. The van der Waals surface area contributed by atoms with Crippen LogP contribution in [0.25, 0.3) is 15.9 Å². The molecule has 3 aromatic rings. The molecule has 2 aromatic heterocycles. The van der Waals surface area contributed by atoms with Gasteiger partial charge in [-0.05, 0) is 50.8 Å². The number of nitrogens with zero attached hydrogens (tertiary/aromatic N) is 3. The first-order valence-electron chi connectivity index (χ1n) is 9.14. The van der Waals surface area contributed by atoms with Gasteiger partial charge in [0.05, 0.1) is 16.3 Å². The summed E-state index contributed by atoms with van der Waals surface area (Å²) < 4.78 is 1.94. The molecule has 5 nitrogen and oxygen atoms in total. The van der Waals surface area contributed by atoms with E-state index < -0.39 is 0 Å². The zero-order valence-electron chi connectivity index (χ0n) is 15.6. The number of likely N-dealkylation sites (tertiary alicyclic amines) is 1. The van der Waals surface area contributed by atoms with Crippen molar-refractivity contribution in [2.75, 3.05) is 13.1 Å². The third-order valence-electron chi connectivity index (χ3n) is 5.24. The fourth-order valence-corrected chi connectivity index (χ4v) is 4.83. The number of aromatic nitrogens is 2. The quantitative estimate of drug-likeness (QED) is 0.717. The Kier molecular flexibility index (Phi) is 5.89. The number of para-hydroxylation sites is 1. The van der Waals surface area contributed by atoms with Crippen LogP contribution in [0.3, 0.4) is 0 Å². The highest BCUT2D eigenvalue weighted by molar-refractivity contribution is 7.20. The molecule has 144 valence electrons. The molecule has 0 aliphatic carbocycles. The monoisotopic (exact) mass is 404 g/mol. The summed E-state index contributed by atoms with van der Waals surface area (Å²) in [6.45, 7) is 5.61. The third kappa shape index (κ3) is 3.74. The van der Waals surface area contributed by atoms with Gasteiger partial charge in [-0.1, -0.05) is 18.2 Å². The molecule has 4 rings (SSSR count). The number of rotatable bonds is 3. The van der Waals surface area contributed by atoms with Crippen molar-refractivity contribution in [3.63, 3.8) is 0 Å². The molecule has 0 spiro atoms. The molecule has 27 heavy (non-hydrogen) atoms. The minimum atomic E-state index is 0. The molecule has 2 N–H and O–H groups in total. The first kappa shape index (κ1) is 19.9. The Labute approximate surface area is 169 Å². The molecule has 0 saturated carbocycles. The van der Waals surface area contributed by atoms with Crippen LogP contribution in [0, 0.1) is 12.8 Å². The van der Waals surface area contributed by atoms with E-state index in [-0.39, 0.29) is 24.4 Å². The van der Waals surface area contributed by atoms with Crippen LogP contribution < -0.4 is 5.73 Å². The molecule has 3 heterocycles. The Hall–Kier alpha value is -1.89. The summed E-state index contributed by atoms with van der Waals surface area (Å²) >= 11 is 1.53. The predicted octanol–water partition coefficient (Wildman–Crippen LogP) is 4.02. The van der Waals surface area contributed by atoms with Crippen LogP contribution >= 0.6 is 23.7 Å². The van der Waals surface area contributed by atoms with Gasteiger partial charge in [0.15, 0.2) is 0 Å². The fourth-order valence-electron chi connectivity index (χ4n) is 3.68. The number of carbonyl (C=O) groups excluding carboxylic acids is 1. The average molecular weight is 405 g/mol. The molecule has 7 heteroatoms. The van der Waals surface area contributed by atoms with Crippen molar-refractivity contribution in [3.8, 4) is 5.69 Å². The van der Waals surface area contributed by atoms with Gasteiger partial charge in [-0.15, -0.1) is 23.7 Å². The maximum Gasteiger partial charge on any atom is 0.264 e. The van der Waals surface area contributed by atoms with E-state index >= 15 is 0 Å². The van der Waals surface area contributed by atoms with Crippen molar-refractivity contribution in [2.24, 2.45) is 11.7 Å². The summed E-state index contributed by atoms with van der Waals surface area (Å²) in [5.41, 5.74) is 8.04. The molecular weight excluding hydrogens is 380 g/mol.